The zero-order valence-corrected chi connectivity index (χ0v) is 4.73. The van der Waals surface area contributed by atoms with Crippen molar-refractivity contribution in [2.24, 2.45) is 10.2 Å². The Kier molecular flexibility index (Phi) is 0.828. The molecule has 9 heavy (non-hydrogen) atoms. The molecule has 0 spiro atoms. The highest BCUT2D eigenvalue weighted by atomic mass is 15.4. The maximum atomic E-state index is 3.87. The summed E-state index contributed by atoms with van der Waals surface area (Å²) in [5, 5.41) is 7.54. The van der Waals surface area contributed by atoms with Crippen molar-refractivity contribution >= 4 is 0 Å². The van der Waals surface area contributed by atoms with Crippen LogP contribution in [-0.2, 0) is 0 Å². The van der Waals surface area contributed by atoms with Crippen molar-refractivity contribution in [3.05, 3.63) is 30.1 Å². The Morgan fingerprint density at radius 3 is 2.33 bits per heavy atom. The molecule has 0 unspecified atom stereocenters. The van der Waals surface area contributed by atoms with Gasteiger partial charge in [0, 0.05) is 18.0 Å². The van der Waals surface area contributed by atoms with Gasteiger partial charge >= 0.3 is 0 Å². The van der Waals surface area contributed by atoms with Gasteiger partial charge in [0.1, 0.15) is 0 Å². The van der Waals surface area contributed by atoms with Gasteiger partial charge in [0.15, 0.2) is 0 Å². The molecule has 0 amide bonds. The van der Waals surface area contributed by atoms with Crippen LogP contribution in [0.4, 0.5) is 0 Å². The van der Waals surface area contributed by atoms with Gasteiger partial charge in [0.25, 0.3) is 0 Å². The Balaban J connectivity index is 2.30. The summed E-state index contributed by atoms with van der Waals surface area (Å²) >= 11 is 0. The average molecular weight is 119 g/mol. The van der Waals surface area contributed by atoms with Crippen molar-refractivity contribution < 1.29 is 0 Å². The molecule has 0 radical (unpaired) electrons. The van der Waals surface area contributed by atoms with Gasteiger partial charge in [-0.05, 0) is 12.1 Å². The minimum Gasteiger partial charge on any atom is -0.265 e. The summed E-state index contributed by atoms with van der Waals surface area (Å²) < 4.78 is 0. The van der Waals surface area contributed by atoms with Crippen molar-refractivity contribution in [1.29, 1.82) is 0 Å². The van der Waals surface area contributed by atoms with Crippen LogP contribution in [0.1, 0.15) is 11.7 Å². The highest BCUT2D eigenvalue weighted by Crippen LogP contribution is 2.29. The second-order valence-electron chi connectivity index (χ2n) is 1.89. The molecule has 1 aromatic heterocycles. The van der Waals surface area contributed by atoms with Crippen LogP contribution >= 0.6 is 0 Å². The molecule has 3 heteroatoms. The molecule has 0 fully saturated rings. The van der Waals surface area contributed by atoms with Gasteiger partial charge < -0.3 is 0 Å². The SMILES string of the molecule is c1cc(C2N=N2)ccn1. The Morgan fingerprint density at radius 2 is 1.78 bits per heavy atom. The average Bonchev–Trinajstić information content (AvgIpc) is 2.71. The van der Waals surface area contributed by atoms with Crippen LogP contribution in [-0.4, -0.2) is 4.98 Å². The number of hydrogen-bond acceptors (Lipinski definition) is 3. The summed E-state index contributed by atoms with van der Waals surface area (Å²) in [5.74, 6) is 0. The molecule has 2 heterocycles. The van der Waals surface area contributed by atoms with Crippen molar-refractivity contribution in [2.75, 3.05) is 0 Å². The first kappa shape index (κ1) is 4.61. The van der Waals surface area contributed by atoms with E-state index in [-0.39, 0.29) is 6.17 Å². The van der Waals surface area contributed by atoms with E-state index in [9.17, 15) is 0 Å². The topological polar surface area (TPSA) is 37.6 Å². The highest BCUT2D eigenvalue weighted by molar-refractivity contribution is 5.16. The van der Waals surface area contributed by atoms with E-state index in [1.165, 1.54) is 0 Å². The normalized spacial score (nSPS) is 16.0. The number of rotatable bonds is 1. The van der Waals surface area contributed by atoms with Crippen molar-refractivity contribution in [2.45, 2.75) is 6.17 Å². The zero-order valence-electron chi connectivity index (χ0n) is 4.73. The van der Waals surface area contributed by atoms with E-state index in [1.807, 2.05) is 12.1 Å². The van der Waals surface area contributed by atoms with Crippen LogP contribution in [0.25, 0.3) is 0 Å². The molecule has 0 N–H and O–H groups in total. The van der Waals surface area contributed by atoms with E-state index in [4.69, 9.17) is 0 Å². The van der Waals surface area contributed by atoms with E-state index in [0.29, 0.717) is 0 Å². The van der Waals surface area contributed by atoms with E-state index in [2.05, 4.69) is 15.2 Å². The predicted molar refractivity (Wildman–Crippen MR) is 31.8 cm³/mol. The van der Waals surface area contributed by atoms with Crippen molar-refractivity contribution in [1.82, 2.24) is 4.98 Å². The largest absolute Gasteiger partial charge is 0.265 e. The fourth-order valence-electron chi connectivity index (χ4n) is 0.702. The van der Waals surface area contributed by atoms with Crippen LogP contribution in [0.2, 0.25) is 0 Å². The number of hydrogen-bond donors (Lipinski definition) is 0. The smallest absolute Gasteiger partial charge is 0.206 e. The summed E-state index contributed by atoms with van der Waals surface area (Å²) in [4.78, 5) is 3.87. The molecule has 2 rings (SSSR count). The summed E-state index contributed by atoms with van der Waals surface area (Å²) in [6.07, 6.45) is 3.62. The first-order chi connectivity index (χ1) is 4.47. The molecule has 3 nitrogen and oxygen atoms in total. The minimum absolute atomic E-state index is 0.119. The van der Waals surface area contributed by atoms with Gasteiger partial charge in [-0.25, -0.2) is 0 Å². The molecule has 0 aromatic carbocycles. The Hall–Kier alpha value is -1.25. The van der Waals surface area contributed by atoms with Gasteiger partial charge in [-0.3, -0.25) is 4.98 Å². The molecule has 0 bridgehead atoms. The quantitative estimate of drug-likeness (QED) is 0.552. The zero-order chi connectivity index (χ0) is 6.10. The third kappa shape index (κ3) is 0.806. The lowest BCUT2D eigenvalue weighted by atomic mass is 10.2. The summed E-state index contributed by atoms with van der Waals surface area (Å²) in [6, 6.07) is 3.84. The van der Waals surface area contributed by atoms with E-state index in [0.717, 1.165) is 5.56 Å². The molecular formula is C6H5N3. The third-order valence-electron chi connectivity index (χ3n) is 1.24. The molecule has 1 aliphatic rings. The molecule has 44 valence electrons. The van der Waals surface area contributed by atoms with Crippen LogP contribution in [0, 0.1) is 0 Å². The van der Waals surface area contributed by atoms with Crippen molar-refractivity contribution in [3.63, 3.8) is 0 Å². The Labute approximate surface area is 52.5 Å². The molecule has 1 aliphatic heterocycles. The maximum absolute atomic E-state index is 3.87. The standard InChI is InChI=1S/C6H5N3/c1-3-7-4-2-5(1)6-8-9-6/h1-4,6H. The van der Waals surface area contributed by atoms with Crippen LogP contribution in [0.5, 0.6) is 0 Å². The van der Waals surface area contributed by atoms with E-state index >= 15 is 0 Å². The molecule has 0 aliphatic carbocycles. The van der Waals surface area contributed by atoms with Gasteiger partial charge in [0.2, 0.25) is 6.17 Å². The predicted octanol–water partition coefficient (Wildman–Crippen LogP) is 1.55. The second kappa shape index (κ2) is 1.62. The minimum atomic E-state index is 0.119. The van der Waals surface area contributed by atoms with Crippen LogP contribution in [0.15, 0.2) is 34.8 Å². The molecule has 1 aromatic rings. The Morgan fingerprint density at radius 1 is 1.11 bits per heavy atom. The molecule has 0 saturated heterocycles. The van der Waals surface area contributed by atoms with E-state index in [1.54, 1.807) is 12.4 Å². The number of aromatic nitrogens is 1. The molecule has 0 atom stereocenters. The summed E-state index contributed by atoms with van der Waals surface area (Å²) in [6.45, 7) is 0. The van der Waals surface area contributed by atoms with Gasteiger partial charge in [0.05, 0.1) is 0 Å². The fraction of sp³-hybridized carbons (Fsp3) is 0.167. The Bertz CT molecular complexity index is 223. The van der Waals surface area contributed by atoms with Crippen LogP contribution in [0.3, 0.4) is 0 Å². The molecular weight excluding hydrogens is 114 g/mol. The summed E-state index contributed by atoms with van der Waals surface area (Å²) in [5.41, 5.74) is 1.13. The monoisotopic (exact) mass is 119 g/mol. The maximum Gasteiger partial charge on any atom is 0.206 e. The number of nitrogens with zero attached hydrogens (tertiary/aromatic N) is 3. The molecule has 0 saturated carbocycles. The van der Waals surface area contributed by atoms with Crippen molar-refractivity contribution in [3.8, 4) is 0 Å². The van der Waals surface area contributed by atoms with Gasteiger partial charge in [-0.1, -0.05) is 0 Å². The third-order valence-corrected chi connectivity index (χ3v) is 1.24. The first-order valence-electron chi connectivity index (χ1n) is 2.77. The number of pyridine rings is 1. The van der Waals surface area contributed by atoms with Gasteiger partial charge in [-0.2, -0.15) is 10.2 Å². The lowest BCUT2D eigenvalue weighted by Crippen LogP contribution is -1.78. The fourth-order valence-corrected chi connectivity index (χ4v) is 0.702. The van der Waals surface area contributed by atoms with E-state index < -0.39 is 0 Å². The van der Waals surface area contributed by atoms with Crippen LogP contribution < -0.4 is 0 Å². The highest BCUT2D eigenvalue weighted by Gasteiger charge is 2.16. The summed E-state index contributed by atoms with van der Waals surface area (Å²) in [7, 11) is 0. The lowest BCUT2D eigenvalue weighted by molar-refractivity contribution is 1.04. The lowest BCUT2D eigenvalue weighted by Gasteiger charge is -1.88. The second-order valence-corrected chi connectivity index (χ2v) is 1.89. The van der Waals surface area contributed by atoms with Gasteiger partial charge in [-0.15, -0.1) is 0 Å². The first-order valence-corrected chi connectivity index (χ1v) is 2.77.